The minimum atomic E-state index is -0.904. The summed E-state index contributed by atoms with van der Waals surface area (Å²) < 4.78 is 0. The first-order valence-corrected chi connectivity index (χ1v) is 23.1. The van der Waals surface area contributed by atoms with Crippen molar-refractivity contribution >= 4 is 5.97 Å². The van der Waals surface area contributed by atoms with Gasteiger partial charge in [0.1, 0.15) is 0 Å². The molecule has 0 aliphatic rings. The first kappa shape index (κ1) is 52.1. The number of carbonyl (C=O) groups is 1. The van der Waals surface area contributed by atoms with Crippen molar-refractivity contribution in [2.75, 3.05) is 13.1 Å². The Bertz CT molecular complexity index is 587. The van der Waals surface area contributed by atoms with E-state index in [1.54, 1.807) is 0 Å². The van der Waals surface area contributed by atoms with Gasteiger partial charge in [-0.3, -0.25) is 0 Å². The van der Waals surface area contributed by atoms with Crippen LogP contribution in [0.3, 0.4) is 0 Å². The Morgan fingerprint density at radius 3 is 0.740 bits per heavy atom. The summed E-state index contributed by atoms with van der Waals surface area (Å²) in [5, 5.41) is 11.3. The molecule has 0 aromatic heterocycles. The third-order valence-electron chi connectivity index (χ3n) is 11.2. The molecular formula is C46H92LiNO2. The second-order valence-electron chi connectivity index (χ2n) is 16.2. The van der Waals surface area contributed by atoms with E-state index in [2.05, 4.69) is 25.7 Å². The zero-order valence-corrected chi connectivity index (χ0v) is 35.3. The minimum absolute atomic E-state index is 0. The molecule has 0 saturated carbocycles. The van der Waals surface area contributed by atoms with Crippen LogP contribution in [-0.4, -0.2) is 30.0 Å². The van der Waals surface area contributed by atoms with Gasteiger partial charge in [0.25, 0.3) is 0 Å². The van der Waals surface area contributed by atoms with Gasteiger partial charge < -0.3 is 14.8 Å². The molecular weight excluding hydrogens is 605 g/mol. The molecule has 0 aromatic rings. The molecule has 1 unspecified atom stereocenters. The molecule has 3 nitrogen and oxygen atoms in total. The van der Waals surface area contributed by atoms with Gasteiger partial charge in [-0.05, 0) is 32.9 Å². The van der Waals surface area contributed by atoms with Crippen LogP contribution in [-0.2, 0) is 4.79 Å². The normalized spacial score (nSPS) is 12.1. The first-order chi connectivity index (χ1) is 24.1. The Kier molecular flexibility index (Phi) is 47.1. The average Bonchev–Trinajstić information content (AvgIpc) is 3.09. The molecule has 0 spiro atoms. The maximum Gasteiger partial charge on any atom is 1.00 e. The molecule has 294 valence electrons. The molecule has 0 aliphatic heterocycles. The first-order valence-electron chi connectivity index (χ1n) is 23.1. The molecule has 0 amide bonds. The summed E-state index contributed by atoms with van der Waals surface area (Å²) in [5.74, 6) is -0.904. The minimum Gasteiger partial charge on any atom is -0.550 e. The van der Waals surface area contributed by atoms with Gasteiger partial charge in [0.05, 0.1) is 0 Å². The maximum atomic E-state index is 11.3. The predicted molar refractivity (Wildman–Crippen MR) is 217 cm³/mol. The Labute approximate surface area is 328 Å². The van der Waals surface area contributed by atoms with Gasteiger partial charge in [-0.15, -0.1) is 0 Å². The van der Waals surface area contributed by atoms with E-state index in [-0.39, 0.29) is 31.3 Å². The van der Waals surface area contributed by atoms with E-state index in [0.717, 1.165) is 13.1 Å². The van der Waals surface area contributed by atoms with Crippen LogP contribution in [0.5, 0.6) is 0 Å². The van der Waals surface area contributed by atoms with Crippen molar-refractivity contribution in [3.8, 4) is 0 Å². The number of carboxylic acids is 1. The van der Waals surface area contributed by atoms with Crippen molar-refractivity contribution in [1.29, 1.82) is 0 Å². The smallest absolute Gasteiger partial charge is 0.550 e. The molecule has 4 heteroatoms. The zero-order chi connectivity index (χ0) is 35.7. The van der Waals surface area contributed by atoms with Crippen molar-refractivity contribution in [2.24, 2.45) is 0 Å². The second-order valence-corrected chi connectivity index (χ2v) is 16.2. The molecule has 0 bridgehead atoms. The summed E-state index contributed by atoms with van der Waals surface area (Å²) in [4.78, 5) is 13.7. The van der Waals surface area contributed by atoms with Crippen LogP contribution in [0.4, 0.5) is 0 Å². The van der Waals surface area contributed by atoms with Gasteiger partial charge >= 0.3 is 18.9 Å². The SMILES string of the molecule is CCCCCCCCCCCCCCCCCCCCCN(CCCCCCCCCCCCCCCCCCCCC)C(C)CC(=O)[O-].[Li+]. The third-order valence-corrected chi connectivity index (χ3v) is 11.2. The van der Waals surface area contributed by atoms with Crippen molar-refractivity contribution in [3.63, 3.8) is 0 Å². The van der Waals surface area contributed by atoms with E-state index in [4.69, 9.17) is 0 Å². The number of carbonyl (C=O) groups excluding carboxylic acids is 1. The molecule has 0 saturated heterocycles. The van der Waals surface area contributed by atoms with Crippen molar-refractivity contribution in [1.82, 2.24) is 4.90 Å². The quantitative estimate of drug-likeness (QED) is 0.0470. The van der Waals surface area contributed by atoms with Gasteiger partial charge in [-0.1, -0.05) is 245 Å². The zero-order valence-electron chi connectivity index (χ0n) is 35.3. The van der Waals surface area contributed by atoms with Crippen molar-refractivity contribution < 1.29 is 28.8 Å². The van der Waals surface area contributed by atoms with Crippen molar-refractivity contribution in [2.45, 2.75) is 277 Å². The summed E-state index contributed by atoms with van der Waals surface area (Å²) in [6.07, 6.45) is 53.5. The van der Waals surface area contributed by atoms with E-state index >= 15 is 0 Å². The molecule has 0 heterocycles. The van der Waals surface area contributed by atoms with E-state index < -0.39 is 5.97 Å². The molecule has 1 atom stereocenters. The van der Waals surface area contributed by atoms with Gasteiger partial charge in [-0.25, -0.2) is 0 Å². The number of nitrogens with zero attached hydrogens (tertiary/aromatic N) is 1. The standard InChI is InChI=1S/C46H93NO2.Li/c1-4-6-8-10-12-14-16-18-20-22-24-26-28-30-32-34-36-38-40-42-47(45(3)44-46(48)49)43-41-39-37-35-33-31-29-27-25-23-21-19-17-15-13-11-9-7-5-2;/h45H,4-44H2,1-3H3,(H,48,49);/q;+1/p-1. The topological polar surface area (TPSA) is 43.4 Å². The summed E-state index contributed by atoms with van der Waals surface area (Å²) in [6.45, 7) is 8.78. The number of rotatable bonds is 43. The largest absolute Gasteiger partial charge is 1.00 e. The number of unbranched alkanes of at least 4 members (excludes halogenated alkanes) is 36. The van der Waals surface area contributed by atoms with Crippen LogP contribution in [0.2, 0.25) is 0 Å². The molecule has 0 fully saturated rings. The number of hydrogen-bond acceptors (Lipinski definition) is 3. The van der Waals surface area contributed by atoms with E-state index in [0.29, 0.717) is 0 Å². The van der Waals surface area contributed by atoms with Crippen LogP contribution in [0.25, 0.3) is 0 Å². The second kappa shape index (κ2) is 45.2. The molecule has 0 N–H and O–H groups in total. The van der Waals surface area contributed by atoms with Gasteiger partial charge in [0, 0.05) is 18.4 Å². The van der Waals surface area contributed by atoms with Gasteiger partial charge in [-0.2, -0.15) is 0 Å². The predicted octanol–water partition coefficient (Wildman–Crippen LogP) is 11.7. The van der Waals surface area contributed by atoms with E-state index in [9.17, 15) is 9.90 Å². The van der Waals surface area contributed by atoms with Gasteiger partial charge in [0.15, 0.2) is 0 Å². The Balaban J connectivity index is 0. The summed E-state index contributed by atoms with van der Waals surface area (Å²) >= 11 is 0. The van der Waals surface area contributed by atoms with Crippen molar-refractivity contribution in [3.05, 3.63) is 0 Å². The van der Waals surface area contributed by atoms with Gasteiger partial charge in [0.2, 0.25) is 0 Å². The Morgan fingerprint density at radius 2 is 0.560 bits per heavy atom. The maximum absolute atomic E-state index is 11.3. The molecule has 0 aromatic carbocycles. The fourth-order valence-electron chi connectivity index (χ4n) is 7.71. The molecule has 0 rings (SSSR count). The summed E-state index contributed by atoms with van der Waals surface area (Å²) in [5.41, 5.74) is 0. The molecule has 0 aliphatic carbocycles. The fraction of sp³-hybridized carbons (Fsp3) is 0.978. The van der Waals surface area contributed by atoms with Crippen LogP contribution in [0.15, 0.2) is 0 Å². The van der Waals surface area contributed by atoms with Crippen LogP contribution in [0, 0.1) is 0 Å². The fourth-order valence-corrected chi connectivity index (χ4v) is 7.71. The van der Waals surface area contributed by atoms with Crippen LogP contribution in [0.1, 0.15) is 271 Å². The summed E-state index contributed by atoms with van der Waals surface area (Å²) in [7, 11) is 0. The monoisotopic (exact) mass is 698 g/mol. The molecule has 50 heavy (non-hydrogen) atoms. The third kappa shape index (κ3) is 42.4. The van der Waals surface area contributed by atoms with E-state index in [1.807, 2.05) is 0 Å². The van der Waals surface area contributed by atoms with Crippen LogP contribution >= 0.6 is 0 Å². The number of carboxylic acid groups (broad SMARTS) is 1. The Morgan fingerprint density at radius 1 is 0.380 bits per heavy atom. The Hall–Kier alpha value is 0.0274. The average molecular weight is 698 g/mol. The summed E-state index contributed by atoms with van der Waals surface area (Å²) in [6, 6.07) is 0.0936. The number of aliphatic carboxylic acids is 1. The van der Waals surface area contributed by atoms with Crippen LogP contribution < -0.4 is 24.0 Å². The van der Waals surface area contributed by atoms with E-state index in [1.165, 1.54) is 244 Å². The molecule has 0 radical (unpaired) electrons. The number of hydrogen-bond donors (Lipinski definition) is 0.